The van der Waals surface area contributed by atoms with Crippen molar-refractivity contribution in [2.75, 3.05) is 25.0 Å². The number of benzene rings is 1. The summed E-state index contributed by atoms with van der Waals surface area (Å²) in [6.45, 7) is 5.66. The molecule has 0 spiro atoms. The number of nitrogens with one attached hydrogen (secondary N) is 2. The minimum absolute atomic E-state index is 0.170. The van der Waals surface area contributed by atoms with E-state index < -0.39 is 11.8 Å². The molecule has 2 N–H and O–H groups in total. The van der Waals surface area contributed by atoms with E-state index >= 15 is 0 Å². The van der Waals surface area contributed by atoms with Gasteiger partial charge in [0.1, 0.15) is 0 Å². The van der Waals surface area contributed by atoms with Gasteiger partial charge in [0.05, 0.1) is 0 Å². The number of rotatable bonds is 5. The Morgan fingerprint density at radius 3 is 2.43 bits per heavy atom. The van der Waals surface area contributed by atoms with Gasteiger partial charge in [-0.3, -0.25) is 14.4 Å². The Kier molecular flexibility index (Phi) is 5.73. The fourth-order valence-electron chi connectivity index (χ4n) is 2.73. The lowest BCUT2D eigenvalue weighted by Gasteiger charge is -2.15. The summed E-state index contributed by atoms with van der Waals surface area (Å²) in [4.78, 5) is 36.9. The molecule has 3 amide bonds. The van der Waals surface area contributed by atoms with Gasteiger partial charge >= 0.3 is 11.8 Å². The number of hydrogen-bond donors (Lipinski definition) is 2. The zero-order valence-corrected chi connectivity index (χ0v) is 13.6. The van der Waals surface area contributed by atoms with Gasteiger partial charge in [0.25, 0.3) is 0 Å². The molecule has 6 nitrogen and oxygen atoms in total. The summed E-state index contributed by atoms with van der Waals surface area (Å²) in [5.74, 6) is -1.16. The molecule has 1 aromatic rings. The second kappa shape index (κ2) is 7.76. The smallest absolute Gasteiger partial charge is 0.313 e. The Bertz CT molecular complexity index is 593. The van der Waals surface area contributed by atoms with E-state index in [4.69, 9.17) is 0 Å². The van der Waals surface area contributed by atoms with Crippen LogP contribution in [0.4, 0.5) is 5.69 Å². The molecule has 0 unspecified atom stereocenters. The lowest BCUT2D eigenvalue weighted by molar-refractivity contribution is -0.136. The molecule has 1 aliphatic heterocycles. The SMILES string of the molecule is Cc1cc(C)cc(NC(=O)C(=O)NCCCN2CCCC2=O)c1. The molecule has 6 heteroatoms. The highest BCUT2D eigenvalue weighted by Crippen LogP contribution is 2.13. The van der Waals surface area contributed by atoms with Crippen molar-refractivity contribution in [1.29, 1.82) is 0 Å². The number of likely N-dealkylation sites (tertiary alicyclic amines) is 1. The maximum atomic E-state index is 11.8. The van der Waals surface area contributed by atoms with Crippen LogP contribution in [0.1, 0.15) is 30.4 Å². The fourth-order valence-corrected chi connectivity index (χ4v) is 2.73. The third-order valence-electron chi connectivity index (χ3n) is 3.75. The normalized spacial score (nSPS) is 14.0. The summed E-state index contributed by atoms with van der Waals surface area (Å²) < 4.78 is 0. The van der Waals surface area contributed by atoms with Crippen molar-refractivity contribution < 1.29 is 14.4 Å². The average molecular weight is 317 g/mol. The van der Waals surface area contributed by atoms with E-state index in [0.29, 0.717) is 31.6 Å². The van der Waals surface area contributed by atoms with Crippen molar-refractivity contribution in [1.82, 2.24) is 10.2 Å². The first-order valence-corrected chi connectivity index (χ1v) is 7.91. The molecule has 0 atom stereocenters. The number of carbonyl (C=O) groups is 3. The van der Waals surface area contributed by atoms with Crippen molar-refractivity contribution in [3.8, 4) is 0 Å². The van der Waals surface area contributed by atoms with Gasteiger partial charge in [0.15, 0.2) is 0 Å². The van der Waals surface area contributed by atoms with Gasteiger partial charge in [-0.1, -0.05) is 6.07 Å². The van der Waals surface area contributed by atoms with E-state index in [9.17, 15) is 14.4 Å². The third-order valence-corrected chi connectivity index (χ3v) is 3.75. The highest BCUT2D eigenvalue weighted by molar-refractivity contribution is 6.39. The van der Waals surface area contributed by atoms with Crippen LogP contribution in [-0.2, 0) is 14.4 Å². The highest BCUT2D eigenvalue weighted by atomic mass is 16.2. The first kappa shape index (κ1) is 17.0. The van der Waals surface area contributed by atoms with Crippen LogP contribution < -0.4 is 10.6 Å². The number of nitrogens with zero attached hydrogens (tertiary/aromatic N) is 1. The number of hydrogen-bond acceptors (Lipinski definition) is 3. The van der Waals surface area contributed by atoms with E-state index in [0.717, 1.165) is 24.1 Å². The average Bonchev–Trinajstić information content (AvgIpc) is 2.87. The van der Waals surface area contributed by atoms with Crippen molar-refractivity contribution >= 4 is 23.4 Å². The summed E-state index contributed by atoms with van der Waals surface area (Å²) in [6.07, 6.45) is 2.17. The van der Waals surface area contributed by atoms with Gasteiger partial charge in [-0.05, 0) is 49.9 Å². The van der Waals surface area contributed by atoms with E-state index in [2.05, 4.69) is 10.6 Å². The molecule has 124 valence electrons. The van der Waals surface area contributed by atoms with E-state index in [1.54, 1.807) is 4.90 Å². The van der Waals surface area contributed by atoms with Crippen LogP contribution in [0.15, 0.2) is 18.2 Å². The molecule has 0 saturated carbocycles. The Morgan fingerprint density at radius 1 is 1.13 bits per heavy atom. The van der Waals surface area contributed by atoms with Crippen molar-refractivity contribution in [2.45, 2.75) is 33.1 Å². The molecule has 1 heterocycles. The molecule has 0 radical (unpaired) electrons. The van der Waals surface area contributed by atoms with Crippen LogP contribution in [0.2, 0.25) is 0 Å². The van der Waals surface area contributed by atoms with Crippen LogP contribution in [0.5, 0.6) is 0 Å². The van der Waals surface area contributed by atoms with Gasteiger partial charge < -0.3 is 15.5 Å². The predicted octanol–water partition coefficient (Wildman–Crippen LogP) is 1.37. The van der Waals surface area contributed by atoms with Crippen LogP contribution in [0.25, 0.3) is 0 Å². The number of amides is 3. The highest BCUT2D eigenvalue weighted by Gasteiger charge is 2.19. The van der Waals surface area contributed by atoms with Crippen LogP contribution in [0.3, 0.4) is 0 Å². The van der Waals surface area contributed by atoms with Gasteiger partial charge in [-0.2, -0.15) is 0 Å². The number of carbonyl (C=O) groups excluding carboxylic acids is 3. The second-order valence-corrected chi connectivity index (χ2v) is 5.92. The topological polar surface area (TPSA) is 78.5 Å². The van der Waals surface area contributed by atoms with Crippen molar-refractivity contribution in [2.24, 2.45) is 0 Å². The second-order valence-electron chi connectivity index (χ2n) is 5.92. The first-order valence-electron chi connectivity index (χ1n) is 7.91. The summed E-state index contributed by atoms with van der Waals surface area (Å²) in [5, 5.41) is 5.18. The molecule has 1 saturated heterocycles. The standard InChI is InChI=1S/C17H23N3O3/c1-12-9-13(2)11-14(10-12)19-17(23)16(22)18-6-4-8-20-7-3-5-15(20)21/h9-11H,3-8H2,1-2H3,(H,18,22)(H,19,23). The maximum Gasteiger partial charge on any atom is 0.313 e. The zero-order chi connectivity index (χ0) is 16.8. The predicted molar refractivity (Wildman–Crippen MR) is 88.0 cm³/mol. The van der Waals surface area contributed by atoms with Gasteiger partial charge in [-0.25, -0.2) is 0 Å². The molecular formula is C17H23N3O3. The number of aryl methyl sites for hydroxylation is 2. The Morgan fingerprint density at radius 2 is 1.83 bits per heavy atom. The molecule has 23 heavy (non-hydrogen) atoms. The quantitative estimate of drug-likeness (QED) is 0.636. The molecule has 0 bridgehead atoms. The summed E-state index contributed by atoms with van der Waals surface area (Å²) >= 11 is 0. The van der Waals surface area contributed by atoms with Gasteiger partial charge in [-0.15, -0.1) is 0 Å². The van der Waals surface area contributed by atoms with Gasteiger partial charge in [0.2, 0.25) is 5.91 Å². The van der Waals surface area contributed by atoms with Crippen LogP contribution in [-0.4, -0.2) is 42.3 Å². The number of anilines is 1. The zero-order valence-electron chi connectivity index (χ0n) is 13.6. The minimum atomic E-state index is -0.674. The first-order chi connectivity index (χ1) is 11.0. The summed E-state index contributed by atoms with van der Waals surface area (Å²) in [6, 6.07) is 5.63. The summed E-state index contributed by atoms with van der Waals surface area (Å²) in [7, 11) is 0. The molecule has 1 aromatic carbocycles. The van der Waals surface area contributed by atoms with E-state index in [1.165, 1.54) is 0 Å². The fraction of sp³-hybridized carbons (Fsp3) is 0.471. The van der Waals surface area contributed by atoms with Crippen LogP contribution >= 0.6 is 0 Å². The molecular weight excluding hydrogens is 294 g/mol. The minimum Gasteiger partial charge on any atom is -0.348 e. The Labute approximate surface area is 136 Å². The molecule has 1 fully saturated rings. The molecule has 2 rings (SSSR count). The monoisotopic (exact) mass is 317 g/mol. The van der Waals surface area contributed by atoms with Crippen molar-refractivity contribution in [3.05, 3.63) is 29.3 Å². The van der Waals surface area contributed by atoms with E-state index in [-0.39, 0.29) is 5.91 Å². The van der Waals surface area contributed by atoms with Gasteiger partial charge in [0, 0.05) is 31.7 Å². The third kappa shape index (κ3) is 5.09. The summed E-state index contributed by atoms with van der Waals surface area (Å²) in [5.41, 5.74) is 2.66. The molecule has 1 aliphatic rings. The lowest BCUT2D eigenvalue weighted by atomic mass is 10.1. The van der Waals surface area contributed by atoms with Crippen LogP contribution in [0, 0.1) is 13.8 Å². The molecule has 0 aromatic heterocycles. The lowest BCUT2D eigenvalue weighted by Crippen LogP contribution is -2.37. The van der Waals surface area contributed by atoms with E-state index in [1.807, 2.05) is 32.0 Å². The Balaban J connectivity index is 1.72. The molecule has 0 aliphatic carbocycles. The largest absolute Gasteiger partial charge is 0.348 e. The van der Waals surface area contributed by atoms with Crippen molar-refractivity contribution in [3.63, 3.8) is 0 Å². The Hall–Kier alpha value is -2.37. The maximum absolute atomic E-state index is 11.8.